The fourth-order valence-corrected chi connectivity index (χ4v) is 2.98. The first kappa shape index (κ1) is 19.2. The predicted octanol–water partition coefficient (Wildman–Crippen LogP) is 5.16. The number of aryl methyl sites for hydroxylation is 1. The van der Waals surface area contributed by atoms with E-state index in [2.05, 4.69) is 0 Å². The Hall–Kier alpha value is -3.54. The van der Waals surface area contributed by atoms with Crippen LogP contribution in [0.15, 0.2) is 72.8 Å². The topological polar surface area (TPSA) is 69.4 Å². The van der Waals surface area contributed by atoms with Crippen LogP contribution in [-0.2, 0) is 10.3 Å². The van der Waals surface area contributed by atoms with Crippen LogP contribution in [0.1, 0.15) is 34.0 Å². The molecule has 0 heterocycles. The van der Waals surface area contributed by atoms with Crippen molar-refractivity contribution in [3.05, 3.63) is 111 Å². The number of halogens is 1. The summed E-state index contributed by atoms with van der Waals surface area (Å²) >= 11 is 0. The van der Waals surface area contributed by atoms with Gasteiger partial charge in [-0.2, -0.15) is 0 Å². The highest BCUT2D eigenvalue weighted by molar-refractivity contribution is 5.90. The highest BCUT2D eigenvalue weighted by Gasteiger charge is 2.34. The molecule has 6 heteroatoms. The van der Waals surface area contributed by atoms with Gasteiger partial charge in [-0.3, -0.25) is 10.1 Å². The lowest BCUT2D eigenvalue weighted by Crippen LogP contribution is -2.31. The van der Waals surface area contributed by atoms with E-state index in [9.17, 15) is 19.3 Å². The number of hydrogen-bond donors (Lipinski definition) is 0. The zero-order chi connectivity index (χ0) is 20.3. The van der Waals surface area contributed by atoms with Crippen molar-refractivity contribution in [2.45, 2.75) is 19.4 Å². The number of nitrogens with zero attached hydrogens (tertiary/aromatic N) is 1. The molecule has 3 aromatic carbocycles. The van der Waals surface area contributed by atoms with Gasteiger partial charge in [-0.15, -0.1) is 0 Å². The van der Waals surface area contributed by atoms with Crippen molar-refractivity contribution >= 4 is 11.7 Å². The van der Waals surface area contributed by atoms with Gasteiger partial charge < -0.3 is 4.74 Å². The number of nitro benzene ring substituents is 1. The summed E-state index contributed by atoms with van der Waals surface area (Å²) in [5.41, 5.74) is 0.935. The molecule has 142 valence electrons. The van der Waals surface area contributed by atoms with Crippen LogP contribution >= 0.6 is 0 Å². The van der Waals surface area contributed by atoms with Crippen LogP contribution in [-0.4, -0.2) is 10.9 Å². The summed E-state index contributed by atoms with van der Waals surface area (Å²) in [5, 5.41) is 10.8. The second-order valence-electron chi connectivity index (χ2n) is 6.61. The molecule has 0 bridgehead atoms. The number of carbonyl (C=O) groups is 1. The maximum Gasteiger partial charge on any atom is 0.339 e. The summed E-state index contributed by atoms with van der Waals surface area (Å²) in [6.07, 6.45) is 0. The van der Waals surface area contributed by atoms with Crippen LogP contribution in [0.3, 0.4) is 0 Å². The van der Waals surface area contributed by atoms with E-state index in [1.807, 2.05) is 25.1 Å². The SMILES string of the molecule is Cc1cccc(C(C)(OC(=O)c2ccc([N+](=O)[O-])cc2)c2cccc(F)c2)c1. The zero-order valence-corrected chi connectivity index (χ0v) is 15.4. The number of ether oxygens (including phenoxy) is 1. The van der Waals surface area contributed by atoms with Crippen LogP contribution in [0.5, 0.6) is 0 Å². The number of nitro groups is 1. The monoisotopic (exact) mass is 379 g/mol. The van der Waals surface area contributed by atoms with Gasteiger partial charge in [0.1, 0.15) is 5.82 Å². The van der Waals surface area contributed by atoms with E-state index in [1.54, 1.807) is 25.1 Å². The lowest BCUT2D eigenvalue weighted by atomic mass is 9.87. The molecule has 0 fully saturated rings. The molecule has 0 saturated carbocycles. The highest BCUT2D eigenvalue weighted by Crippen LogP contribution is 2.35. The molecular formula is C22H18FNO4. The molecule has 3 rings (SSSR count). The molecule has 0 N–H and O–H groups in total. The Morgan fingerprint density at radius 3 is 2.18 bits per heavy atom. The summed E-state index contributed by atoms with van der Waals surface area (Å²) in [7, 11) is 0. The summed E-state index contributed by atoms with van der Waals surface area (Å²) in [6, 6.07) is 18.5. The number of rotatable bonds is 5. The summed E-state index contributed by atoms with van der Waals surface area (Å²) in [6.45, 7) is 3.60. The van der Waals surface area contributed by atoms with Gasteiger partial charge in [0, 0.05) is 23.3 Å². The predicted molar refractivity (Wildman–Crippen MR) is 103 cm³/mol. The molecule has 0 aliphatic heterocycles. The van der Waals surface area contributed by atoms with Gasteiger partial charge >= 0.3 is 5.97 Å². The molecule has 0 amide bonds. The fourth-order valence-electron chi connectivity index (χ4n) is 2.98. The van der Waals surface area contributed by atoms with E-state index in [0.29, 0.717) is 11.1 Å². The molecule has 0 aromatic heterocycles. The van der Waals surface area contributed by atoms with Gasteiger partial charge in [0.05, 0.1) is 10.5 Å². The average Bonchev–Trinajstić information content (AvgIpc) is 2.68. The largest absolute Gasteiger partial charge is 0.446 e. The van der Waals surface area contributed by atoms with Crippen molar-refractivity contribution in [1.29, 1.82) is 0 Å². The van der Waals surface area contributed by atoms with E-state index >= 15 is 0 Å². The molecule has 0 spiro atoms. The maximum atomic E-state index is 13.9. The Kier molecular flexibility index (Phi) is 5.22. The molecule has 28 heavy (non-hydrogen) atoms. The number of esters is 1. The van der Waals surface area contributed by atoms with E-state index < -0.39 is 22.3 Å². The Morgan fingerprint density at radius 2 is 1.61 bits per heavy atom. The number of hydrogen-bond acceptors (Lipinski definition) is 4. The second kappa shape index (κ2) is 7.60. The molecule has 1 atom stereocenters. The van der Waals surface area contributed by atoms with Gasteiger partial charge in [0.15, 0.2) is 5.60 Å². The Balaban J connectivity index is 2.02. The van der Waals surface area contributed by atoms with E-state index in [1.165, 1.54) is 36.4 Å². The Labute approximate surface area is 161 Å². The molecule has 0 radical (unpaired) electrons. The summed E-state index contributed by atoms with van der Waals surface area (Å²) < 4.78 is 19.7. The van der Waals surface area contributed by atoms with Crippen molar-refractivity contribution < 1.29 is 18.8 Å². The normalized spacial score (nSPS) is 12.8. The molecule has 0 aliphatic rings. The van der Waals surface area contributed by atoms with Gasteiger partial charge in [0.2, 0.25) is 0 Å². The second-order valence-corrected chi connectivity index (χ2v) is 6.61. The average molecular weight is 379 g/mol. The van der Waals surface area contributed by atoms with E-state index in [4.69, 9.17) is 4.74 Å². The van der Waals surface area contributed by atoms with Crippen molar-refractivity contribution in [3.63, 3.8) is 0 Å². The van der Waals surface area contributed by atoms with Gasteiger partial charge in [-0.05, 0) is 38.1 Å². The van der Waals surface area contributed by atoms with Crippen LogP contribution < -0.4 is 0 Å². The Morgan fingerprint density at radius 1 is 1.00 bits per heavy atom. The lowest BCUT2D eigenvalue weighted by molar-refractivity contribution is -0.384. The minimum absolute atomic E-state index is 0.122. The third kappa shape index (κ3) is 3.91. The van der Waals surface area contributed by atoms with Crippen LogP contribution in [0, 0.1) is 22.9 Å². The fraction of sp³-hybridized carbons (Fsp3) is 0.136. The third-order valence-corrected chi connectivity index (χ3v) is 4.56. The molecular weight excluding hydrogens is 361 g/mol. The molecule has 3 aromatic rings. The quantitative estimate of drug-likeness (QED) is 0.349. The zero-order valence-electron chi connectivity index (χ0n) is 15.4. The molecule has 5 nitrogen and oxygen atoms in total. The van der Waals surface area contributed by atoms with Crippen LogP contribution in [0.2, 0.25) is 0 Å². The smallest absolute Gasteiger partial charge is 0.339 e. The molecule has 0 saturated heterocycles. The highest BCUT2D eigenvalue weighted by atomic mass is 19.1. The maximum absolute atomic E-state index is 13.9. The van der Waals surface area contributed by atoms with Crippen molar-refractivity contribution in [3.8, 4) is 0 Å². The number of benzene rings is 3. The van der Waals surface area contributed by atoms with Crippen LogP contribution in [0.4, 0.5) is 10.1 Å². The first-order valence-corrected chi connectivity index (χ1v) is 8.60. The first-order valence-electron chi connectivity index (χ1n) is 8.60. The summed E-state index contributed by atoms with van der Waals surface area (Å²) in [4.78, 5) is 23.0. The van der Waals surface area contributed by atoms with Gasteiger partial charge in [-0.25, -0.2) is 9.18 Å². The van der Waals surface area contributed by atoms with Crippen molar-refractivity contribution in [2.75, 3.05) is 0 Å². The Bertz CT molecular complexity index is 985. The minimum Gasteiger partial charge on any atom is -0.446 e. The van der Waals surface area contributed by atoms with Gasteiger partial charge in [0.25, 0.3) is 5.69 Å². The minimum atomic E-state index is -1.24. The third-order valence-electron chi connectivity index (χ3n) is 4.56. The molecule has 1 unspecified atom stereocenters. The number of non-ortho nitro benzene ring substituents is 1. The van der Waals surface area contributed by atoms with E-state index in [-0.39, 0.29) is 11.3 Å². The van der Waals surface area contributed by atoms with Crippen LogP contribution in [0.25, 0.3) is 0 Å². The van der Waals surface area contributed by atoms with Crippen molar-refractivity contribution in [2.24, 2.45) is 0 Å². The molecule has 0 aliphatic carbocycles. The summed E-state index contributed by atoms with van der Waals surface area (Å²) in [5.74, 6) is -1.11. The van der Waals surface area contributed by atoms with E-state index in [0.717, 1.165) is 5.56 Å². The van der Waals surface area contributed by atoms with Crippen molar-refractivity contribution in [1.82, 2.24) is 0 Å². The number of carbonyl (C=O) groups excluding carboxylic acids is 1. The first-order chi connectivity index (χ1) is 13.3. The lowest BCUT2D eigenvalue weighted by Gasteiger charge is -2.31. The standard InChI is InChI=1S/C22H18FNO4/c1-15-5-3-6-17(13-15)22(2,18-7-4-8-19(23)14-18)28-21(25)16-9-11-20(12-10-16)24(26)27/h3-14H,1-2H3. The van der Waals surface area contributed by atoms with Gasteiger partial charge in [-0.1, -0.05) is 42.0 Å².